The minimum absolute atomic E-state index is 0.0450. The second-order valence-corrected chi connectivity index (χ2v) is 12.7. The summed E-state index contributed by atoms with van der Waals surface area (Å²) in [4.78, 5) is 29.1. The van der Waals surface area contributed by atoms with Crippen LogP contribution >= 0.6 is 0 Å². The summed E-state index contributed by atoms with van der Waals surface area (Å²) in [5.74, 6) is 0.339. The lowest BCUT2D eigenvalue weighted by Crippen LogP contribution is -2.55. The molecule has 1 N–H and O–H groups in total. The summed E-state index contributed by atoms with van der Waals surface area (Å²) in [5.41, 5.74) is 0.507. The number of carbonyl (C=O) groups excluding carboxylic acids is 2. The molecule has 0 spiro atoms. The van der Waals surface area contributed by atoms with Crippen LogP contribution in [0.5, 0.6) is 11.5 Å². The van der Waals surface area contributed by atoms with Gasteiger partial charge in [-0.05, 0) is 88.2 Å². The first-order valence-corrected chi connectivity index (χ1v) is 15.4. The van der Waals surface area contributed by atoms with E-state index >= 15 is 0 Å². The van der Waals surface area contributed by atoms with Crippen LogP contribution in [-0.4, -0.2) is 57.0 Å². The van der Waals surface area contributed by atoms with E-state index in [1.807, 2.05) is 40.7 Å². The van der Waals surface area contributed by atoms with Gasteiger partial charge in [0.25, 0.3) is 10.0 Å². The minimum Gasteiger partial charge on any atom is -0.497 e. The van der Waals surface area contributed by atoms with Crippen LogP contribution in [0.1, 0.15) is 46.6 Å². The molecule has 10 heteroatoms. The Morgan fingerprint density at radius 1 is 0.905 bits per heavy atom. The summed E-state index contributed by atoms with van der Waals surface area (Å²) in [6.45, 7) is 9.30. The zero-order chi connectivity index (χ0) is 30.9. The van der Waals surface area contributed by atoms with Crippen LogP contribution in [0.2, 0.25) is 0 Å². The van der Waals surface area contributed by atoms with Crippen LogP contribution < -0.4 is 19.1 Å². The number of hydrogen-bond acceptors (Lipinski definition) is 6. The normalized spacial score (nSPS) is 12.2. The van der Waals surface area contributed by atoms with Gasteiger partial charge in [-0.25, -0.2) is 8.42 Å². The van der Waals surface area contributed by atoms with E-state index in [9.17, 15) is 18.0 Å². The average molecular weight is 596 g/mol. The molecular weight excluding hydrogens is 554 g/mol. The first-order chi connectivity index (χ1) is 19.9. The second kappa shape index (κ2) is 14.2. The van der Waals surface area contributed by atoms with Crippen LogP contribution in [0.15, 0.2) is 83.8 Å². The molecule has 0 aliphatic rings. The Labute approximate surface area is 249 Å². The van der Waals surface area contributed by atoms with Crippen molar-refractivity contribution in [1.82, 2.24) is 10.2 Å². The smallest absolute Gasteiger partial charge is 0.264 e. The zero-order valence-electron chi connectivity index (χ0n) is 25.2. The molecule has 3 rings (SSSR count). The Morgan fingerprint density at radius 2 is 1.57 bits per heavy atom. The van der Waals surface area contributed by atoms with Gasteiger partial charge in [-0.3, -0.25) is 13.9 Å². The van der Waals surface area contributed by atoms with Crippen LogP contribution in [0, 0.1) is 0 Å². The van der Waals surface area contributed by atoms with Gasteiger partial charge in [-0.1, -0.05) is 37.3 Å². The highest BCUT2D eigenvalue weighted by molar-refractivity contribution is 7.92. The summed E-state index contributed by atoms with van der Waals surface area (Å²) in [6.07, 6.45) is 0.326. The minimum atomic E-state index is -4.15. The zero-order valence-corrected chi connectivity index (χ0v) is 26.0. The first-order valence-electron chi connectivity index (χ1n) is 13.9. The van der Waals surface area contributed by atoms with Crippen molar-refractivity contribution in [2.45, 2.75) is 64.1 Å². The topological polar surface area (TPSA) is 105 Å². The molecule has 0 saturated carbocycles. The summed E-state index contributed by atoms with van der Waals surface area (Å²) < 4.78 is 39.8. The first kappa shape index (κ1) is 32.5. The van der Waals surface area contributed by atoms with Gasteiger partial charge >= 0.3 is 0 Å². The van der Waals surface area contributed by atoms with Gasteiger partial charge in [0.05, 0.1) is 24.3 Å². The highest BCUT2D eigenvalue weighted by atomic mass is 32.2. The fourth-order valence-electron chi connectivity index (χ4n) is 4.46. The largest absolute Gasteiger partial charge is 0.497 e. The van der Waals surface area contributed by atoms with Crippen molar-refractivity contribution in [1.29, 1.82) is 0 Å². The second-order valence-electron chi connectivity index (χ2n) is 10.8. The van der Waals surface area contributed by atoms with Gasteiger partial charge in [0.2, 0.25) is 11.8 Å². The number of sulfonamides is 1. The maximum absolute atomic E-state index is 14.2. The summed E-state index contributed by atoms with van der Waals surface area (Å²) in [6, 6.07) is 20.9. The van der Waals surface area contributed by atoms with Crippen LogP contribution in [0.3, 0.4) is 0 Å². The van der Waals surface area contributed by atoms with Crippen molar-refractivity contribution >= 4 is 27.5 Å². The number of nitrogens with zero attached hydrogens (tertiary/aromatic N) is 2. The van der Waals surface area contributed by atoms with Gasteiger partial charge in [-0.15, -0.1) is 0 Å². The number of carbonyl (C=O) groups is 2. The third-order valence-corrected chi connectivity index (χ3v) is 8.21. The Morgan fingerprint density at radius 3 is 2.14 bits per heavy atom. The number of anilines is 1. The third kappa shape index (κ3) is 8.48. The number of ether oxygens (including phenoxy) is 2. The van der Waals surface area contributed by atoms with Crippen molar-refractivity contribution in [3.8, 4) is 11.5 Å². The summed E-state index contributed by atoms with van der Waals surface area (Å²) in [7, 11) is -2.60. The molecule has 0 fully saturated rings. The lowest BCUT2D eigenvalue weighted by molar-refractivity contribution is -0.141. The Balaban J connectivity index is 2.07. The number of amides is 2. The molecule has 226 valence electrons. The highest BCUT2D eigenvalue weighted by Crippen LogP contribution is 2.27. The molecule has 42 heavy (non-hydrogen) atoms. The standard InChI is InChI=1S/C32H41N3O6S/c1-7-29(31(37)33-32(3,4)5)34(22-24-13-12-14-27(21-24)40-6)30(36)23-35(25-17-19-26(20-18-25)41-8-2)42(38,39)28-15-10-9-11-16-28/h9-21,29H,7-8,22-23H2,1-6H3,(H,33,37)/t29-/m1/s1. The molecule has 0 heterocycles. The van der Waals surface area contributed by atoms with Gasteiger partial charge in [-0.2, -0.15) is 0 Å². The fraction of sp³-hybridized carbons (Fsp3) is 0.375. The molecule has 0 aliphatic heterocycles. The quantitative estimate of drug-likeness (QED) is 0.298. The van der Waals surface area contributed by atoms with Crippen LogP contribution in [0.4, 0.5) is 5.69 Å². The Bertz CT molecular complexity index is 1440. The molecule has 0 bridgehead atoms. The molecule has 3 aromatic carbocycles. The molecule has 9 nitrogen and oxygen atoms in total. The molecule has 0 unspecified atom stereocenters. The lowest BCUT2D eigenvalue weighted by atomic mass is 10.1. The number of nitrogens with one attached hydrogen (secondary N) is 1. The Hall–Kier alpha value is -4.05. The van der Waals surface area contributed by atoms with Crippen molar-refractivity contribution in [3.63, 3.8) is 0 Å². The molecule has 2 amide bonds. The molecule has 1 atom stereocenters. The van der Waals surface area contributed by atoms with E-state index in [1.165, 1.54) is 17.0 Å². The van der Waals surface area contributed by atoms with Gasteiger partial charge in [0.1, 0.15) is 24.1 Å². The van der Waals surface area contributed by atoms with Crippen molar-refractivity contribution in [2.75, 3.05) is 24.6 Å². The molecule has 0 aromatic heterocycles. The van der Waals surface area contributed by atoms with Gasteiger partial charge in [0, 0.05) is 12.1 Å². The predicted molar refractivity (Wildman–Crippen MR) is 164 cm³/mol. The van der Waals surface area contributed by atoms with E-state index in [0.29, 0.717) is 30.2 Å². The van der Waals surface area contributed by atoms with E-state index in [-0.39, 0.29) is 17.3 Å². The van der Waals surface area contributed by atoms with Crippen LogP contribution in [0.25, 0.3) is 0 Å². The van der Waals surface area contributed by atoms with Crippen LogP contribution in [-0.2, 0) is 26.2 Å². The SMILES string of the molecule is CCOc1ccc(N(CC(=O)N(Cc2cccc(OC)c2)[C@H](CC)C(=O)NC(C)(C)C)S(=O)(=O)c2ccccc2)cc1. The molecular formula is C32H41N3O6S. The number of rotatable bonds is 13. The number of methoxy groups -OCH3 is 1. The average Bonchev–Trinajstić information content (AvgIpc) is 2.96. The number of benzene rings is 3. The van der Waals surface area contributed by atoms with Crippen molar-refractivity contribution in [3.05, 3.63) is 84.4 Å². The maximum atomic E-state index is 14.2. The summed E-state index contributed by atoms with van der Waals surface area (Å²) >= 11 is 0. The summed E-state index contributed by atoms with van der Waals surface area (Å²) in [5, 5.41) is 2.97. The van der Waals surface area contributed by atoms with E-state index < -0.39 is 34.1 Å². The van der Waals surface area contributed by atoms with E-state index in [0.717, 1.165) is 9.87 Å². The third-order valence-electron chi connectivity index (χ3n) is 6.42. The van der Waals surface area contributed by atoms with E-state index in [4.69, 9.17) is 9.47 Å². The van der Waals surface area contributed by atoms with Crippen molar-refractivity contribution in [2.24, 2.45) is 0 Å². The van der Waals surface area contributed by atoms with E-state index in [1.54, 1.807) is 67.8 Å². The van der Waals surface area contributed by atoms with E-state index in [2.05, 4.69) is 5.32 Å². The predicted octanol–water partition coefficient (Wildman–Crippen LogP) is 5.01. The van der Waals surface area contributed by atoms with Crippen molar-refractivity contribution < 1.29 is 27.5 Å². The molecule has 0 saturated heterocycles. The fourth-order valence-corrected chi connectivity index (χ4v) is 5.90. The van der Waals surface area contributed by atoms with Gasteiger partial charge < -0.3 is 19.7 Å². The Kier molecular flexibility index (Phi) is 11.0. The molecule has 3 aromatic rings. The number of hydrogen-bond donors (Lipinski definition) is 1. The lowest BCUT2D eigenvalue weighted by Gasteiger charge is -2.34. The highest BCUT2D eigenvalue weighted by Gasteiger charge is 2.34. The van der Waals surface area contributed by atoms with Gasteiger partial charge in [0.15, 0.2) is 0 Å². The molecule has 0 aliphatic carbocycles. The maximum Gasteiger partial charge on any atom is 0.264 e. The monoisotopic (exact) mass is 595 g/mol. The molecule has 0 radical (unpaired) electrons.